The molecule has 1 aliphatic heterocycles. The van der Waals surface area contributed by atoms with E-state index < -0.39 is 36.0 Å². The SMILES string of the molecule is CC1CCC2(CC1)NC(=O)N(NC(=O)COC(=O)/C(C#N)=C/c1ccc(N(C)C)cc1)C2=O. The van der Waals surface area contributed by atoms with Crippen LogP contribution in [0.1, 0.15) is 38.2 Å². The van der Waals surface area contributed by atoms with Gasteiger partial charge >= 0.3 is 12.0 Å². The fourth-order valence-electron chi connectivity index (χ4n) is 3.85. The molecule has 10 heteroatoms. The number of rotatable bonds is 6. The first kappa shape index (κ1) is 23.8. The summed E-state index contributed by atoms with van der Waals surface area (Å²) in [6.07, 6.45) is 3.96. The predicted octanol–water partition coefficient (Wildman–Crippen LogP) is 1.73. The molecule has 2 fully saturated rings. The van der Waals surface area contributed by atoms with E-state index in [9.17, 15) is 24.4 Å². The molecule has 1 heterocycles. The summed E-state index contributed by atoms with van der Waals surface area (Å²) in [5.41, 5.74) is 2.48. The van der Waals surface area contributed by atoms with Gasteiger partial charge in [-0.15, -0.1) is 0 Å². The van der Waals surface area contributed by atoms with E-state index in [1.807, 2.05) is 31.1 Å². The zero-order valence-corrected chi connectivity index (χ0v) is 18.9. The first-order chi connectivity index (χ1) is 15.6. The maximum atomic E-state index is 12.8. The number of carbonyl (C=O) groups is 4. The average molecular weight is 453 g/mol. The van der Waals surface area contributed by atoms with Crippen LogP contribution in [-0.4, -0.2) is 55.1 Å². The molecule has 0 bridgehead atoms. The third-order valence-corrected chi connectivity index (χ3v) is 5.92. The topological polar surface area (TPSA) is 132 Å². The molecular weight excluding hydrogens is 426 g/mol. The second kappa shape index (κ2) is 9.73. The Kier molecular flexibility index (Phi) is 7.01. The van der Waals surface area contributed by atoms with Gasteiger partial charge in [0.2, 0.25) is 0 Å². The van der Waals surface area contributed by atoms with Gasteiger partial charge in [0, 0.05) is 19.8 Å². The van der Waals surface area contributed by atoms with Crippen LogP contribution in [0.2, 0.25) is 0 Å². The number of urea groups is 1. The van der Waals surface area contributed by atoms with Crippen molar-refractivity contribution in [1.82, 2.24) is 15.8 Å². The smallest absolute Gasteiger partial charge is 0.349 e. The van der Waals surface area contributed by atoms with Gasteiger partial charge in [0.05, 0.1) is 0 Å². The average Bonchev–Trinajstić information content (AvgIpc) is 3.02. The summed E-state index contributed by atoms with van der Waals surface area (Å²) in [5.74, 6) is -1.89. The predicted molar refractivity (Wildman–Crippen MR) is 119 cm³/mol. The van der Waals surface area contributed by atoms with E-state index in [2.05, 4.69) is 17.7 Å². The summed E-state index contributed by atoms with van der Waals surface area (Å²) in [4.78, 5) is 51.4. The minimum absolute atomic E-state index is 0.286. The summed E-state index contributed by atoms with van der Waals surface area (Å²) in [6, 6.07) is 8.19. The monoisotopic (exact) mass is 453 g/mol. The van der Waals surface area contributed by atoms with Crippen molar-refractivity contribution in [2.45, 2.75) is 38.1 Å². The number of imide groups is 1. The molecule has 1 aromatic rings. The molecule has 1 saturated heterocycles. The molecular formula is C23H27N5O5. The molecule has 0 atom stereocenters. The van der Waals surface area contributed by atoms with E-state index in [-0.39, 0.29) is 5.57 Å². The summed E-state index contributed by atoms with van der Waals surface area (Å²) < 4.78 is 4.90. The van der Waals surface area contributed by atoms with Crippen LogP contribution in [-0.2, 0) is 19.1 Å². The highest BCUT2D eigenvalue weighted by molar-refractivity contribution is 6.08. The Morgan fingerprint density at radius 3 is 2.48 bits per heavy atom. The highest BCUT2D eigenvalue weighted by Crippen LogP contribution is 2.35. The van der Waals surface area contributed by atoms with Crippen LogP contribution in [0.4, 0.5) is 10.5 Å². The largest absolute Gasteiger partial charge is 0.451 e. The van der Waals surface area contributed by atoms with Crippen molar-refractivity contribution in [1.29, 1.82) is 5.26 Å². The van der Waals surface area contributed by atoms with Crippen LogP contribution < -0.4 is 15.6 Å². The molecule has 1 aromatic carbocycles. The lowest BCUT2D eigenvalue weighted by molar-refractivity contribution is -0.147. The Morgan fingerprint density at radius 1 is 1.27 bits per heavy atom. The summed E-state index contributed by atoms with van der Waals surface area (Å²) >= 11 is 0. The number of hydrazine groups is 1. The number of ether oxygens (including phenoxy) is 1. The molecule has 0 aromatic heterocycles. The first-order valence-corrected chi connectivity index (χ1v) is 10.7. The molecule has 4 amide bonds. The van der Waals surface area contributed by atoms with Gasteiger partial charge in [-0.2, -0.15) is 10.3 Å². The number of benzene rings is 1. The zero-order valence-electron chi connectivity index (χ0n) is 18.9. The van der Waals surface area contributed by atoms with Crippen molar-refractivity contribution in [3.63, 3.8) is 0 Å². The molecule has 10 nitrogen and oxygen atoms in total. The van der Waals surface area contributed by atoms with E-state index in [1.54, 1.807) is 18.2 Å². The van der Waals surface area contributed by atoms with Gasteiger partial charge in [-0.05, 0) is 55.4 Å². The van der Waals surface area contributed by atoms with E-state index >= 15 is 0 Å². The number of esters is 1. The first-order valence-electron chi connectivity index (χ1n) is 10.7. The number of amides is 4. The van der Waals surface area contributed by atoms with Crippen molar-refractivity contribution in [3.8, 4) is 6.07 Å². The molecule has 174 valence electrons. The number of nitriles is 1. The number of hydrogen-bond acceptors (Lipinski definition) is 7. The van der Waals surface area contributed by atoms with Crippen LogP contribution in [0.3, 0.4) is 0 Å². The lowest BCUT2D eigenvalue weighted by Gasteiger charge is -2.33. The number of nitrogens with zero attached hydrogens (tertiary/aromatic N) is 3. The van der Waals surface area contributed by atoms with Gasteiger partial charge in [-0.3, -0.25) is 15.0 Å². The van der Waals surface area contributed by atoms with Crippen LogP contribution in [0, 0.1) is 17.2 Å². The molecule has 1 spiro atoms. The van der Waals surface area contributed by atoms with Crippen LogP contribution >= 0.6 is 0 Å². The van der Waals surface area contributed by atoms with E-state index in [0.717, 1.165) is 18.5 Å². The number of nitrogens with one attached hydrogen (secondary N) is 2. The number of carbonyl (C=O) groups excluding carboxylic acids is 4. The minimum atomic E-state index is -0.994. The van der Waals surface area contributed by atoms with Gasteiger partial charge < -0.3 is 15.0 Å². The van der Waals surface area contributed by atoms with E-state index in [4.69, 9.17) is 4.74 Å². The Morgan fingerprint density at radius 2 is 1.91 bits per heavy atom. The highest BCUT2D eigenvalue weighted by atomic mass is 16.5. The van der Waals surface area contributed by atoms with Crippen molar-refractivity contribution in [2.24, 2.45) is 5.92 Å². The second-order valence-corrected chi connectivity index (χ2v) is 8.60. The van der Waals surface area contributed by atoms with Crippen LogP contribution in [0.25, 0.3) is 6.08 Å². The van der Waals surface area contributed by atoms with Gasteiger partial charge in [0.15, 0.2) is 6.61 Å². The molecule has 1 aliphatic carbocycles. The molecule has 2 N–H and O–H groups in total. The fourth-order valence-corrected chi connectivity index (χ4v) is 3.85. The maximum Gasteiger partial charge on any atom is 0.349 e. The van der Waals surface area contributed by atoms with Gasteiger partial charge in [0.25, 0.3) is 11.8 Å². The van der Waals surface area contributed by atoms with Crippen LogP contribution in [0.5, 0.6) is 0 Å². The normalized spacial score (nSPS) is 22.5. The third-order valence-electron chi connectivity index (χ3n) is 5.92. The minimum Gasteiger partial charge on any atom is -0.451 e. The van der Waals surface area contributed by atoms with E-state index in [1.165, 1.54) is 6.08 Å². The summed E-state index contributed by atoms with van der Waals surface area (Å²) in [6.45, 7) is 1.34. The van der Waals surface area contributed by atoms with E-state index in [0.29, 0.717) is 29.3 Å². The molecule has 0 unspecified atom stereocenters. The lowest BCUT2D eigenvalue weighted by Crippen LogP contribution is -2.52. The van der Waals surface area contributed by atoms with Gasteiger partial charge in [-0.1, -0.05) is 19.1 Å². The van der Waals surface area contributed by atoms with Crippen LogP contribution in [0.15, 0.2) is 29.8 Å². The fraction of sp³-hybridized carbons (Fsp3) is 0.435. The zero-order chi connectivity index (χ0) is 24.2. The van der Waals surface area contributed by atoms with Crippen molar-refractivity contribution >= 4 is 35.6 Å². The molecule has 33 heavy (non-hydrogen) atoms. The Labute approximate surface area is 192 Å². The quantitative estimate of drug-likeness (QED) is 0.290. The molecule has 3 rings (SSSR count). The Balaban J connectivity index is 1.56. The molecule has 0 radical (unpaired) electrons. The Hall–Kier alpha value is -3.87. The summed E-state index contributed by atoms with van der Waals surface area (Å²) in [5, 5.41) is 12.6. The lowest BCUT2D eigenvalue weighted by atomic mass is 9.77. The summed E-state index contributed by atoms with van der Waals surface area (Å²) in [7, 11) is 3.78. The second-order valence-electron chi connectivity index (χ2n) is 8.60. The van der Waals surface area contributed by atoms with Crippen molar-refractivity contribution < 1.29 is 23.9 Å². The number of anilines is 1. The molecule has 2 aliphatic rings. The Bertz CT molecular complexity index is 1020. The van der Waals surface area contributed by atoms with Gasteiger partial charge in [0.1, 0.15) is 17.2 Å². The molecule has 1 saturated carbocycles. The van der Waals surface area contributed by atoms with Gasteiger partial charge in [-0.25, -0.2) is 9.59 Å². The van der Waals surface area contributed by atoms with Crippen molar-refractivity contribution in [2.75, 3.05) is 25.6 Å². The number of hydrogen-bond donors (Lipinski definition) is 2. The maximum absolute atomic E-state index is 12.8. The highest BCUT2D eigenvalue weighted by Gasteiger charge is 2.52. The third kappa shape index (κ3) is 5.31. The van der Waals surface area contributed by atoms with Crippen molar-refractivity contribution in [3.05, 3.63) is 35.4 Å². The standard InChI is InChI=1S/C23H27N5O5/c1-15-8-10-23(11-9-15)21(31)28(22(32)25-23)26-19(29)14-33-20(30)17(13-24)12-16-4-6-18(7-5-16)27(2)3/h4-7,12,15H,8-11,14H2,1-3H3,(H,25,32)(H,26,29)/b17-12+.